The number of hydrogen-bond acceptors (Lipinski definition) is 2. The zero-order valence-electron chi connectivity index (χ0n) is 10.8. The van der Waals surface area contributed by atoms with Crippen LogP contribution < -0.4 is 10.1 Å². The number of benzene rings is 2. The molecule has 2 aromatic carbocycles. The molecule has 0 bridgehead atoms. The molecule has 2 rings (SSSR count). The molecule has 0 radical (unpaired) electrons. The van der Waals surface area contributed by atoms with E-state index in [9.17, 15) is 9.18 Å². The average Bonchev–Trinajstić information content (AvgIpc) is 2.44. The third kappa shape index (κ3) is 3.81. The van der Waals surface area contributed by atoms with Gasteiger partial charge in [-0.05, 0) is 52.7 Å². The first-order valence-electron chi connectivity index (χ1n) is 5.99. The van der Waals surface area contributed by atoms with Crippen molar-refractivity contribution in [2.45, 2.75) is 6.92 Å². The van der Waals surface area contributed by atoms with E-state index in [2.05, 4.69) is 21.2 Å². The first-order valence-corrected chi connectivity index (χ1v) is 6.79. The van der Waals surface area contributed by atoms with Gasteiger partial charge in [0.15, 0.2) is 6.61 Å². The minimum Gasteiger partial charge on any atom is -0.484 e. The molecule has 2 aromatic rings. The number of hydrogen-bond donors (Lipinski definition) is 1. The van der Waals surface area contributed by atoms with E-state index in [1.807, 2.05) is 18.2 Å². The summed E-state index contributed by atoms with van der Waals surface area (Å²) in [7, 11) is 0. The van der Waals surface area contributed by atoms with Crippen LogP contribution >= 0.6 is 15.9 Å². The number of amides is 1. The van der Waals surface area contributed by atoms with Crippen LogP contribution in [0.3, 0.4) is 0 Å². The van der Waals surface area contributed by atoms with E-state index in [1.54, 1.807) is 25.1 Å². The molecule has 0 unspecified atom stereocenters. The predicted molar refractivity (Wildman–Crippen MR) is 79.4 cm³/mol. The first kappa shape index (κ1) is 14.5. The Labute approximate surface area is 124 Å². The third-order valence-electron chi connectivity index (χ3n) is 2.65. The van der Waals surface area contributed by atoms with Gasteiger partial charge in [0.05, 0.1) is 4.47 Å². The van der Waals surface area contributed by atoms with Gasteiger partial charge in [-0.2, -0.15) is 0 Å². The van der Waals surface area contributed by atoms with Crippen LogP contribution in [0.2, 0.25) is 0 Å². The van der Waals surface area contributed by atoms with E-state index >= 15 is 0 Å². The lowest BCUT2D eigenvalue weighted by atomic mass is 10.2. The number of carbonyl (C=O) groups excluding carboxylic acids is 1. The molecule has 3 nitrogen and oxygen atoms in total. The van der Waals surface area contributed by atoms with Crippen molar-refractivity contribution in [1.82, 2.24) is 0 Å². The number of rotatable bonds is 4. The van der Waals surface area contributed by atoms with Crippen LogP contribution in [0.25, 0.3) is 0 Å². The van der Waals surface area contributed by atoms with E-state index < -0.39 is 5.82 Å². The van der Waals surface area contributed by atoms with Crippen molar-refractivity contribution in [2.75, 3.05) is 11.9 Å². The zero-order chi connectivity index (χ0) is 14.5. The number of halogens is 2. The molecule has 0 saturated heterocycles. The van der Waals surface area contributed by atoms with Crippen LogP contribution in [0.5, 0.6) is 5.75 Å². The number of ether oxygens (including phenoxy) is 1. The number of nitrogens with one attached hydrogen (secondary N) is 1. The average molecular weight is 338 g/mol. The van der Waals surface area contributed by atoms with Crippen molar-refractivity contribution in [3.8, 4) is 5.75 Å². The summed E-state index contributed by atoms with van der Waals surface area (Å²) in [4.78, 5) is 11.8. The summed E-state index contributed by atoms with van der Waals surface area (Å²) in [6.07, 6.45) is 0. The zero-order valence-corrected chi connectivity index (χ0v) is 12.4. The largest absolute Gasteiger partial charge is 0.484 e. The highest BCUT2D eigenvalue weighted by Gasteiger charge is 2.09. The lowest BCUT2D eigenvalue weighted by Crippen LogP contribution is -2.20. The molecular formula is C15H13BrFNO2. The summed E-state index contributed by atoms with van der Waals surface area (Å²) in [5.74, 6) is -0.144. The van der Waals surface area contributed by atoms with Gasteiger partial charge in [-0.3, -0.25) is 4.79 Å². The van der Waals surface area contributed by atoms with Crippen molar-refractivity contribution < 1.29 is 13.9 Å². The topological polar surface area (TPSA) is 38.3 Å². The monoisotopic (exact) mass is 337 g/mol. The molecule has 0 atom stereocenters. The molecule has 0 aromatic heterocycles. The quantitative estimate of drug-likeness (QED) is 0.918. The minimum absolute atomic E-state index is 0.124. The van der Waals surface area contributed by atoms with Crippen LogP contribution in [0.1, 0.15) is 5.56 Å². The summed E-state index contributed by atoms with van der Waals surface area (Å²) in [5, 5.41) is 2.62. The van der Waals surface area contributed by atoms with Crippen LogP contribution in [-0.2, 0) is 4.79 Å². The number of para-hydroxylation sites is 1. The Kier molecular flexibility index (Phi) is 4.74. The lowest BCUT2D eigenvalue weighted by molar-refractivity contribution is -0.118. The molecular weight excluding hydrogens is 325 g/mol. The summed E-state index contributed by atoms with van der Waals surface area (Å²) < 4.78 is 19.1. The second-order valence-electron chi connectivity index (χ2n) is 4.23. The highest BCUT2D eigenvalue weighted by atomic mass is 79.9. The molecule has 0 aliphatic carbocycles. The SMILES string of the molecule is Cc1cc(Br)c(F)cc1NC(=O)COc1ccccc1. The van der Waals surface area contributed by atoms with Crippen LogP contribution in [-0.4, -0.2) is 12.5 Å². The smallest absolute Gasteiger partial charge is 0.262 e. The molecule has 0 saturated carbocycles. The van der Waals surface area contributed by atoms with Crippen molar-refractivity contribution in [2.24, 2.45) is 0 Å². The minimum atomic E-state index is -0.421. The summed E-state index contributed by atoms with van der Waals surface area (Å²) in [5.41, 5.74) is 1.21. The van der Waals surface area contributed by atoms with Gasteiger partial charge in [-0.25, -0.2) is 4.39 Å². The highest BCUT2D eigenvalue weighted by molar-refractivity contribution is 9.10. The van der Waals surface area contributed by atoms with Gasteiger partial charge in [0.1, 0.15) is 11.6 Å². The molecule has 0 spiro atoms. The van der Waals surface area contributed by atoms with Crippen LogP contribution in [0.4, 0.5) is 10.1 Å². The van der Waals surface area contributed by atoms with E-state index in [-0.39, 0.29) is 12.5 Å². The number of carbonyl (C=O) groups is 1. The van der Waals surface area contributed by atoms with Crippen molar-refractivity contribution in [3.63, 3.8) is 0 Å². The molecule has 0 heterocycles. The number of anilines is 1. The first-order chi connectivity index (χ1) is 9.56. The number of aryl methyl sites for hydroxylation is 1. The fraction of sp³-hybridized carbons (Fsp3) is 0.133. The Balaban J connectivity index is 1.97. The molecule has 1 amide bonds. The van der Waals surface area contributed by atoms with Crippen molar-refractivity contribution >= 4 is 27.5 Å². The summed E-state index contributed by atoms with van der Waals surface area (Å²) >= 11 is 3.10. The Hall–Kier alpha value is -1.88. The molecule has 0 aliphatic heterocycles. The fourth-order valence-electron chi connectivity index (χ4n) is 1.63. The molecule has 0 aliphatic rings. The van der Waals surface area contributed by atoms with Gasteiger partial charge in [-0.1, -0.05) is 18.2 Å². The Morgan fingerprint density at radius 1 is 1.30 bits per heavy atom. The second-order valence-corrected chi connectivity index (χ2v) is 5.09. The van der Waals surface area contributed by atoms with E-state index in [0.717, 1.165) is 5.56 Å². The van der Waals surface area contributed by atoms with Crippen molar-refractivity contribution in [1.29, 1.82) is 0 Å². The van der Waals surface area contributed by atoms with Gasteiger partial charge in [-0.15, -0.1) is 0 Å². The van der Waals surface area contributed by atoms with Crippen LogP contribution in [0, 0.1) is 12.7 Å². The highest BCUT2D eigenvalue weighted by Crippen LogP contribution is 2.23. The maximum atomic E-state index is 13.4. The molecule has 5 heteroatoms. The van der Waals surface area contributed by atoms with Gasteiger partial charge in [0.2, 0.25) is 0 Å². The van der Waals surface area contributed by atoms with E-state index in [0.29, 0.717) is 15.9 Å². The Bertz CT molecular complexity index is 617. The predicted octanol–water partition coefficient (Wildman–Crippen LogP) is 3.91. The van der Waals surface area contributed by atoms with Gasteiger partial charge < -0.3 is 10.1 Å². The maximum Gasteiger partial charge on any atom is 0.262 e. The summed E-state index contributed by atoms with van der Waals surface area (Å²) in [6.45, 7) is 1.67. The van der Waals surface area contributed by atoms with Crippen LogP contribution in [0.15, 0.2) is 46.9 Å². The lowest BCUT2D eigenvalue weighted by Gasteiger charge is -2.10. The van der Waals surface area contributed by atoms with Gasteiger partial charge >= 0.3 is 0 Å². The molecule has 20 heavy (non-hydrogen) atoms. The third-order valence-corrected chi connectivity index (χ3v) is 3.26. The van der Waals surface area contributed by atoms with Gasteiger partial charge in [0, 0.05) is 5.69 Å². The fourth-order valence-corrected chi connectivity index (χ4v) is 2.09. The normalized spacial score (nSPS) is 10.2. The molecule has 104 valence electrons. The van der Waals surface area contributed by atoms with Crippen molar-refractivity contribution in [3.05, 3.63) is 58.3 Å². The summed E-state index contributed by atoms with van der Waals surface area (Å²) in [6, 6.07) is 11.9. The second kappa shape index (κ2) is 6.52. The Morgan fingerprint density at radius 3 is 2.70 bits per heavy atom. The Morgan fingerprint density at radius 2 is 2.00 bits per heavy atom. The molecule has 1 N–H and O–H groups in total. The standard InChI is InChI=1S/C15H13BrFNO2/c1-10-7-12(16)13(17)8-14(10)18-15(19)9-20-11-5-3-2-4-6-11/h2-8H,9H2,1H3,(H,18,19). The van der Waals surface area contributed by atoms with Gasteiger partial charge in [0.25, 0.3) is 5.91 Å². The maximum absolute atomic E-state index is 13.4. The van der Waals surface area contributed by atoms with E-state index in [4.69, 9.17) is 4.74 Å². The molecule has 0 fully saturated rings. The van der Waals surface area contributed by atoms with E-state index in [1.165, 1.54) is 6.07 Å².